The summed E-state index contributed by atoms with van der Waals surface area (Å²) in [5.41, 5.74) is 0.612. The van der Waals surface area contributed by atoms with Gasteiger partial charge in [-0.3, -0.25) is 14.4 Å². The molecule has 2 saturated heterocycles. The van der Waals surface area contributed by atoms with Gasteiger partial charge in [0.15, 0.2) is 6.10 Å². The van der Waals surface area contributed by atoms with E-state index in [-0.39, 0.29) is 11.7 Å². The number of carbonyl (C=O) groups excluding carboxylic acids is 2. The van der Waals surface area contributed by atoms with E-state index in [1.807, 2.05) is 30.3 Å². The third kappa shape index (κ3) is 2.89. The smallest absolute Gasteiger partial charge is 0.266 e. The van der Waals surface area contributed by atoms with Crippen LogP contribution in [0.15, 0.2) is 78.9 Å². The molecule has 2 amide bonds. The molecular weight excluding hydrogens is 411 g/mol. The Kier molecular flexibility index (Phi) is 4.71. The minimum atomic E-state index is -1.22. The summed E-state index contributed by atoms with van der Waals surface area (Å²) in [5.74, 6) is -0.567. The Morgan fingerprint density at radius 1 is 0.906 bits per heavy atom. The number of nitrogens with zero attached hydrogens (tertiary/aromatic N) is 2. The normalized spacial score (nSPS) is 24.7. The summed E-state index contributed by atoms with van der Waals surface area (Å²) in [7, 11) is 1.55. The van der Waals surface area contributed by atoms with Crippen LogP contribution in [0.5, 0.6) is 5.75 Å². The molecule has 32 heavy (non-hydrogen) atoms. The number of hydrogen-bond acceptors (Lipinski definition) is 5. The third-order valence-corrected chi connectivity index (χ3v) is 6.20. The Hall–Kier alpha value is -3.71. The van der Waals surface area contributed by atoms with Crippen LogP contribution in [0, 0.1) is 11.2 Å². The summed E-state index contributed by atoms with van der Waals surface area (Å²) in [6, 6.07) is 21.3. The van der Waals surface area contributed by atoms with Gasteiger partial charge in [-0.05, 0) is 61.0 Å². The molecule has 3 unspecified atom stereocenters. The van der Waals surface area contributed by atoms with Gasteiger partial charge >= 0.3 is 0 Å². The monoisotopic (exact) mass is 432 g/mol. The number of hydrogen-bond donors (Lipinski definition) is 0. The number of halogens is 1. The van der Waals surface area contributed by atoms with Gasteiger partial charge in [0.05, 0.1) is 24.5 Å². The SMILES string of the molecule is COc1ccc(N2C(=O)C3ON(c4ccccc4)C(c4ccc(F)cc4)C3(C)C2=O)cc1. The van der Waals surface area contributed by atoms with Gasteiger partial charge < -0.3 is 4.74 Å². The summed E-state index contributed by atoms with van der Waals surface area (Å²) < 4.78 is 18.8. The fraction of sp³-hybridized carbons (Fsp3) is 0.200. The maximum absolute atomic E-state index is 13.8. The summed E-state index contributed by atoms with van der Waals surface area (Å²) in [6.45, 7) is 1.73. The van der Waals surface area contributed by atoms with E-state index in [9.17, 15) is 14.0 Å². The average molecular weight is 432 g/mol. The van der Waals surface area contributed by atoms with E-state index in [4.69, 9.17) is 9.57 Å². The topological polar surface area (TPSA) is 59.1 Å². The Morgan fingerprint density at radius 3 is 2.19 bits per heavy atom. The predicted molar refractivity (Wildman–Crippen MR) is 117 cm³/mol. The van der Waals surface area contributed by atoms with Gasteiger partial charge in [-0.25, -0.2) is 14.4 Å². The summed E-state index contributed by atoms with van der Waals surface area (Å²) in [5, 5.41) is 1.60. The Bertz CT molecular complexity index is 1170. The molecule has 3 atom stereocenters. The van der Waals surface area contributed by atoms with Crippen molar-refractivity contribution in [2.45, 2.75) is 19.1 Å². The number of fused-ring (bicyclic) bond motifs is 1. The minimum Gasteiger partial charge on any atom is -0.497 e. The zero-order chi connectivity index (χ0) is 22.5. The molecule has 0 aromatic heterocycles. The second kappa shape index (κ2) is 7.46. The van der Waals surface area contributed by atoms with Crippen LogP contribution < -0.4 is 14.7 Å². The van der Waals surface area contributed by atoms with E-state index < -0.39 is 23.5 Å². The first-order chi connectivity index (χ1) is 15.4. The lowest BCUT2D eigenvalue weighted by Crippen LogP contribution is -2.41. The molecule has 2 aliphatic rings. The Labute approximate surface area is 184 Å². The third-order valence-electron chi connectivity index (χ3n) is 6.20. The Balaban J connectivity index is 1.61. The molecule has 2 heterocycles. The van der Waals surface area contributed by atoms with E-state index in [1.165, 1.54) is 17.0 Å². The number of benzene rings is 3. The molecule has 0 saturated carbocycles. The lowest BCUT2D eigenvalue weighted by Gasteiger charge is -2.32. The lowest BCUT2D eigenvalue weighted by molar-refractivity contribution is -0.128. The molecular formula is C25H21FN2O4. The molecule has 2 fully saturated rings. The van der Waals surface area contributed by atoms with Gasteiger partial charge in [0.2, 0.25) is 5.91 Å². The molecule has 3 aromatic rings. The van der Waals surface area contributed by atoms with Gasteiger partial charge in [0, 0.05) is 0 Å². The number of rotatable bonds is 4. The van der Waals surface area contributed by atoms with Crippen LogP contribution in [-0.4, -0.2) is 25.0 Å². The Morgan fingerprint density at radius 2 is 1.56 bits per heavy atom. The van der Waals surface area contributed by atoms with Crippen LogP contribution >= 0.6 is 0 Å². The molecule has 0 N–H and O–H groups in total. The molecule has 0 radical (unpaired) electrons. The van der Waals surface area contributed by atoms with Crippen molar-refractivity contribution in [2.24, 2.45) is 5.41 Å². The standard InChI is InChI=1S/C25H21FN2O4/c1-25-21(16-8-10-17(26)11-9-16)28(19-6-4-3-5-7-19)32-22(25)23(29)27(24(25)30)18-12-14-20(31-2)15-13-18/h3-15,21-22H,1-2H3. The molecule has 162 valence electrons. The van der Waals surface area contributed by atoms with Crippen LogP contribution in [0.25, 0.3) is 0 Å². The van der Waals surface area contributed by atoms with Gasteiger partial charge in [0.1, 0.15) is 17.0 Å². The molecule has 5 rings (SSSR count). The largest absolute Gasteiger partial charge is 0.497 e. The molecule has 0 aliphatic carbocycles. The summed E-state index contributed by atoms with van der Waals surface area (Å²) in [4.78, 5) is 34.5. The van der Waals surface area contributed by atoms with Crippen molar-refractivity contribution in [3.05, 3.63) is 90.2 Å². The number of amides is 2. The molecule has 7 heteroatoms. The van der Waals surface area contributed by atoms with Crippen LogP contribution in [0.3, 0.4) is 0 Å². The van der Waals surface area contributed by atoms with E-state index in [0.29, 0.717) is 22.7 Å². The number of anilines is 2. The highest BCUT2D eigenvalue weighted by Gasteiger charge is 2.68. The van der Waals surface area contributed by atoms with Crippen molar-refractivity contribution < 1.29 is 23.6 Å². The van der Waals surface area contributed by atoms with Gasteiger partial charge in [-0.1, -0.05) is 30.3 Å². The molecule has 2 aliphatic heterocycles. The highest BCUT2D eigenvalue weighted by atomic mass is 19.1. The number of carbonyl (C=O) groups is 2. The van der Waals surface area contributed by atoms with Crippen LogP contribution in [-0.2, 0) is 14.4 Å². The van der Waals surface area contributed by atoms with Crippen LogP contribution in [0.1, 0.15) is 18.5 Å². The lowest BCUT2D eigenvalue weighted by atomic mass is 9.76. The highest BCUT2D eigenvalue weighted by Crippen LogP contribution is 2.55. The second-order valence-corrected chi connectivity index (χ2v) is 8.06. The first-order valence-corrected chi connectivity index (χ1v) is 10.2. The zero-order valence-corrected chi connectivity index (χ0v) is 17.6. The maximum Gasteiger partial charge on any atom is 0.266 e. The quantitative estimate of drug-likeness (QED) is 0.576. The van der Waals surface area contributed by atoms with Gasteiger partial charge in [-0.2, -0.15) is 0 Å². The summed E-state index contributed by atoms with van der Waals surface area (Å²) >= 11 is 0. The maximum atomic E-state index is 13.8. The first kappa shape index (κ1) is 20.2. The van der Waals surface area contributed by atoms with Crippen molar-refractivity contribution in [1.29, 1.82) is 0 Å². The van der Waals surface area contributed by atoms with E-state index in [0.717, 1.165) is 0 Å². The fourth-order valence-corrected chi connectivity index (χ4v) is 4.55. The minimum absolute atomic E-state index is 0.370. The number of ether oxygens (including phenoxy) is 1. The van der Waals surface area contributed by atoms with E-state index in [1.54, 1.807) is 55.5 Å². The van der Waals surface area contributed by atoms with Crippen molar-refractivity contribution in [3.63, 3.8) is 0 Å². The van der Waals surface area contributed by atoms with Crippen molar-refractivity contribution in [2.75, 3.05) is 17.1 Å². The molecule has 0 spiro atoms. The average Bonchev–Trinajstić information content (AvgIpc) is 3.23. The van der Waals surface area contributed by atoms with Gasteiger partial charge in [-0.15, -0.1) is 0 Å². The van der Waals surface area contributed by atoms with E-state index >= 15 is 0 Å². The summed E-state index contributed by atoms with van der Waals surface area (Å²) in [6.07, 6.45) is -1.02. The number of imide groups is 1. The van der Waals surface area contributed by atoms with Crippen molar-refractivity contribution in [3.8, 4) is 5.75 Å². The van der Waals surface area contributed by atoms with Crippen molar-refractivity contribution >= 4 is 23.2 Å². The first-order valence-electron chi connectivity index (χ1n) is 10.2. The van der Waals surface area contributed by atoms with Gasteiger partial charge in [0.25, 0.3) is 5.91 Å². The van der Waals surface area contributed by atoms with Crippen LogP contribution in [0.4, 0.5) is 15.8 Å². The number of methoxy groups -OCH3 is 1. The van der Waals surface area contributed by atoms with Crippen molar-refractivity contribution in [1.82, 2.24) is 0 Å². The van der Waals surface area contributed by atoms with E-state index in [2.05, 4.69) is 0 Å². The zero-order valence-electron chi connectivity index (χ0n) is 17.6. The predicted octanol–water partition coefficient (Wildman–Crippen LogP) is 4.28. The second-order valence-electron chi connectivity index (χ2n) is 8.06. The number of hydroxylamine groups is 1. The molecule has 0 bridgehead atoms. The fourth-order valence-electron chi connectivity index (χ4n) is 4.55. The molecule has 3 aromatic carbocycles. The van der Waals surface area contributed by atoms with Crippen LogP contribution in [0.2, 0.25) is 0 Å². The molecule has 6 nitrogen and oxygen atoms in total. The number of para-hydroxylation sites is 1. The highest BCUT2D eigenvalue weighted by molar-refractivity contribution is 6.25.